The van der Waals surface area contributed by atoms with Gasteiger partial charge in [0, 0.05) is 19.6 Å². The van der Waals surface area contributed by atoms with Crippen LogP contribution >= 0.6 is 0 Å². The van der Waals surface area contributed by atoms with E-state index in [9.17, 15) is 4.79 Å². The normalized spacial score (nSPS) is 17.4. The number of carbonyl (C=O) groups excluding carboxylic acids is 1. The Labute approximate surface area is 121 Å². The molecule has 3 heteroatoms. The molecule has 0 saturated heterocycles. The first-order valence-corrected chi connectivity index (χ1v) is 7.39. The lowest BCUT2D eigenvalue weighted by molar-refractivity contribution is -0.122. The molecule has 1 aliphatic heterocycles. The molecular formula is C17H24N2O. The second-order valence-electron chi connectivity index (χ2n) is 5.48. The number of likely N-dealkylation sites (N-methyl/N-ethyl adjacent to an activating group) is 1. The standard InChI is InChI=1S/C17H24N2O/c1-3-16(15-9-5-4-6-10-15)17(20)18-12-14-8-7-11-19(2)13-14/h4-6,8-10,16H,3,7,11-13H2,1-2H3,(H,18,20). The lowest BCUT2D eigenvalue weighted by atomic mass is 9.95. The Morgan fingerprint density at radius 3 is 2.75 bits per heavy atom. The molecule has 0 aromatic heterocycles. The maximum absolute atomic E-state index is 12.3. The summed E-state index contributed by atoms with van der Waals surface area (Å²) in [4.78, 5) is 14.6. The molecule has 0 spiro atoms. The highest BCUT2D eigenvalue weighted by Crippen LogP contribution is 2.19. The van der Waals surface area contributed by atoms with Crippen molar-refractivity contribution in [1.29, 1.82) is 0 Å². The number of nitrogens with one attached hydrogen (secondary N) is 1. The van der Waals surface area contributed by atoms with Crippen molar-refractivity contribution in [2.24, 2.45) is 0 Å². The molecule has 0 saturated carbocycles. The molecule has 20 heavy (non-hydrogen) atoms. The van der Waals surface area contributed by atoms with E-state index in [0.717, 1.165) is 31.5 Å². The fourth-order valence-electron chi connectivity index (χ4n) is 2.69. The molecular weight excluding hydrogens is 248 g/mol. The molecule has 0 bridgehead atoms. The summed E-state index contributed by atoms with van der Waals surface area (Å²) in [5.74, 6) is 0.0888. The second-order valence-corrected chi connectivity index (χ2v) is 5.48. The van der Waals surface area contributed by atoms with Gasteiger partial charge < -0.3 is 10.2 Å². The molecule has 0 fully saturated rings. The number of amides is 1. The van der Waals surface area contributed by atoms with Gasteiger partial charge in [0.25, 0.3) is 0 Å². The predicted octanol–water partition coefficient (Wildman–Crippen LogP) is 2.56. The molecule has 3 nitrogen and oxygen atoms in total. The summed E-state index contributed by atoms with van der Waals surface area (Å²) >= 11 is 0. The molecule has 1 amide bonds. The zero-order chi connectivity index (χ0) is 14.4. The van der Waals surface area contributed by atoms with Crippen molar-refractivity contribution in [2.45, 2.75) is 25.7 Å². The topological polar surface area (TPSA) is 32.3 Å². The van der Waals surface area contributed by atoms with Gasteiger partial charge in [-0.25, -0.2) is 0 Å². The van der Waals surface area contributed by atoms with Gasteiger partial charge >= 0.3 is 0 Å². The Morgan fingerprint density at radius 2 is 2.10 bits per heavy atom. The SMILES string of the molecule is CCC(C(=O)NCC1=CCCN(C)C1)c1ccccc1. The largest absolute Gasteiger partial charge is 0.352 e. The van der Waals surface area contributed by atoms with Gasteiger partial charge in [-0.3, -0.25) is 4.79 Å². The Kier molecular flexibility index (Phi) is 5.36. The van der Waals surface area contributed by atoms with Gasteiger partial charge in [0.1, 0.15) is 0 Å². The molecule has 108 valence electrons. The first kappa shape index (κ1) is 14.8. The van der Waals surface area contributed by atoms with Gasteiger partial charge in [-0.15, -0.1) is 0 Å². The Balaban J connectivity index is 1.92. The minimum Gasteiger partial charge on any atom is -0.352 e. The van der Waals surface area contributed by atoms with Crippen molar-refractivity contribution in [3.8, 4) is 0 Å². The lowest BCUT2D eigenvalue weighted by Crippen LogP contribution is -2.35. The highest BCUT2D eigenvalue weighted by atomic mass is 16.1. The predicted molar refractivity (Wildman–Crippen MR) is 82.7 cm³/mol. The van der Waals surface area contributed by atoms with Gasteiger partial charge in [0.05, 0.1) is 5.92 Å². The van der Waals surface area contributed by atoms with Crippen LogP contribution in [0.1, 0.15) is 31.2 Å². The van der Waals surface area contributed by atoms with E-state index in [0.29, 0.717) is 6.54 Å². The summed E-state index contributed by atoms with van der Waals surface area (Å²) in [6.07, 6.45) is 4.16. The van der Waals surface area contributed by atoms with E-state index in [2.05, 4.69) is 30.3 Å². The van der Waals surface area contributed by atoms with E-state index in [1.165, 1.54) is 5.57 Å². The third kappa shape index (κ3) is 3.94. The molecule has 1 aromatic rings. The van der Waals surface area contributed by atoms with E-state index < -0.39 is 0 Å². The van der Waals surface area contributed by atoms with Gasteiger partial charge in [-0.2, -0.15) is 0 Å². The van der Waals surface area contributed by atoms with Crippen LogP contribution in [0.25, 0.3) is 0 Å². The maximum atomic E-state index is 12.3. The number of hydrogen-bond donors (Lipinski definition) is 1. The number of nitrogens with zero attached hydrogens (tertiary/aromatic N) is 1. The van der Waals surface area contributed by atoms with Gasteiger partial charge in [0.15, 0.2) is 0 Å². The quantitative estimate of drug-likeness (QED) is 0.836. The van der Waals surface area contributed by atoms with Crippen LogP contribution in [0.15, 0.2) is 42.0 Å². The number of benzene rings is 1. The first-order chi connectivity index (χ1) is 9.70. The van der Waals surface area contributed by atoms with Crippen LogP contribution in [0.5, 0.6) is 0 Å². The number of carbonyl (C=O) groups is 1. The fraction of sp³-hybridized carbons (Fsp3) is 0.471. The van der Waals surface area contributed by atoms with Crippen molar-refractivity contribution >= 4 is 5.91 Å². The molecule has 0 aliphatic carbocycles. The lowest BCUT2D eigenvalue weighted by Gasteiger charge is -2.24. The molecule has 1 aliphatic rings. The van der Waals surface area contributed by atoms with Crippen LogP contribution in [0.4, 0.5) is 0 Å². The average Bonchev–Trinajstić information content (AvgIpc) is 2.47. The van der Waals surface area contributed by atoms with Crippen molar-refractivity contribution in [3.05, 3.63) is 47.5 Å². The molecule has 1 aromatic carbocycles. The maximum Gasteiger partial charge on any atom is 0.227 e. The van der Waals surface area contributed by atoms with Gasteiger partial charge in [-0.05, 0) is 31.0 Å². The summed E-state index contributed by atoms with van der Waals surface area (Å²) < 4.78 is 0. The van der Waals surface area contributed by atoms with Crippen molar-refractivity contribution < 1.29 is 4.79 Å². The van der Waals surface area contributed by atoms with Crippen LogP contribution in [-0.4, -0.2) is 37.5 Å². The summed E-state index contributed by atoms with van der Waals surface area (Å²) in [5, 5.41) is 3.09. The van der Waals surface area contributed by atoms with E-state index in [4.69, 9.17) is 0 Å². The second kappa shape index (κ2) is 7.25. The van der Waals surface area contributed by atoms with Crippen molar-refractivity contribution in [3.63, 3.8) is 0 Å². The fourth-order valence-corrected chi connectivity index (χ4v) is 2.69. The minimum absolute atomic E-state index is 0.0434. The number of hydrogen-bond acceptors (Lipinski definition) is 2. The third-order valence-electron chi connectivity index (χ3n) is 3.83. The van der Waals surface area contributed by atoms with Crippen LogP contribution in [0.3, 0.4) is 0 Å². The van der Waals surface area contributed by atoms with Gasteiger partial charge in [0.2, 0.25) is 5.91 Å². The molecule has 1 N–H and O–H groups in total. The Morgan fingerprint density at radius 1 is 1.35 bits per heavy atom. The third-order valence-corrected chi connectivity index (χ3v) is 3.83. The summed E-state index contributed by atoms with van der Waals surface area (Å²) in [6, 6.07) is 10.0. The zero-order valence-corrected chi connectivity index (χ0v) is 12.4. The van der Waals surface area contributed by atoms with E-state index in [1.54, 1.807) is 0 Å². The van der Waals surface area contributed by atoms with E-state index >= 15 is 0 Å². The molecule has 1 atom stereocenters. The van der Waals surface area contributed by atoms with E-state index in [-0.39, 0.29) is 11.8 Å². The first-order valence-electron chi connectivity index (χ1n) is 7.39. The van der Waals surface area contributed by atoms with Crippen molar-refractivity contribution in [1.82, 2.24) is 10.2 Å². The van der Waals surface area contributed by atoms with E-state index in [1.807, 2.05) is 30.3 Å². The average molecular weight is 272 g/mol. The van der Waals surface area contributed by atoms with Crippen LogP contribution < -0.4 is 5.32 Å². The summed E-state index contributed by atoms with van der Waals surface area (Å²) in [6.45, 7) is 4.80. The summed E-state index contributed by atoms with van der Waals surface area (Å²) in [7, 11) is 2.12. The van der Waals surface area contributed by atoms with Crippen molar-refractivity contribution in [2.75, 3.05) is 26.7 Å². The highest BCUT2D eigenvalue weighted by molar-refractivity contribution is 5.83. The van der Waals surface area contributed by atoms with Crippen LogP contribution in [0.2, 0.25) is 0 Å². The molecule has 1 heterocycles. The summed E-state index contributed by atoms with van der Waals surface area (Å²) in [5.41, 5.74) is 2.41. The van der Waals surface area contributed by atoms with Crippen LogP contribution in [0, 0.1) is 0 Å². The monoisotopic (exact) mass is 272 g/mol. The van der Waals surface area contributed by atoms with Gasteiger partial charge in [-0.1, -0.05) is 43.3 Å². The minimum atomic E-state index is -0.0434. The zero-order valence-electron chi connectivity index (χ0n) is 12.4. The smallest absolute Gasteiger partial charge is 0.227 e. The van der Waals surface area contributed by atoms with Crippen LogP contribution in [-0.2, 0) is 4.79 Å². The molecule has 2 rings (SSSR count). The highest BCUT2D eigenvalue weighted by Gasteiger charge is 2.18. The molecule has 0 radical (unpaired) electrons. The Hall–Kier alpha value is -1.61. The number of rotatable bonds is 5. The molecule has 1 unspecified atom stereocenters. The Bertz CT molecular complexity index is 467.